The Labute approximate surface area is 368 Å². The van der Waals surface area contributed by atoms with Crippen LogP contribution < -0.4 is 0 Å². The summed E-state index contributed by atoms with van der Waals surface area (Å²) in [5.74, 6) is -1.29. The molecule has 0 aromatic carbocycles. The van der Waals surface area contributed by atoms with Gasteiger partial charge in [-0.15, -0.1) is 0 Å². The van der Waals surface area contributed by atoms with Crippen LogP contribution in [0.2, 0.25) is 0 Å². The van der Waals surface area contributed by atoms with Crippen molar-refractivity contribution in [2.45, 2.75) is 322 Å². The zero-order valence-electron chi connectivity index (χ0n) is 40.5. The second kappa shape index (κ2) is 44.8. The van der Waals surface area contributed by atoms with Gasteiger partial charge in [0.1, 0.15) is 0 Å². The predicted octanol–water partition coefficient (Wildman–Crippen LogP) is 17.6. The van der Waals surface area contributed by atoms with Crippen molar-refractivity contribution < 1.29 is 24.2 Å². The largest absolute Gasteiger partial charge is 0.391 e. The van der Waals surface area contributed by atoms with E-state index in [1.807, 2.05) is 0 Å². The lowest BCUT2D eigenvalue weighted by Gasteiger charge is -2.24. The van der Waals surface area contributed by atoms with Crippen LogP contribution >= 0.6 is 0 Å². The molecule has 5 nitrogen and oxygen atoms in total. The molecule has 0 fully saturated rings. The van der Waals surface area contributed by atoms with Crippen molar-refractivity contribution in [3.8, 4) is 0 Å². The molecular formula is C54H104O5. The third-order valence-corrected chi connectivity index (χ3v) is 12.8. The van der Waals surface area contributed by atoms with E-state index in [0.29, 0.717) is 19.3 Å². The van der Waals surface area contributed by atoms with Crippen LogP contribution in [0.3, 0.4) is 0 Å². The van der Waals surface area contributed by atoms with Gasteiger partial charge in [-0.2, -0.15) is 0 Å². The monoisotopic (exact) mass is 833 g/mol. The Balaban J connectivity index is 4.46. The van der Waals surface area contributed by atoms with Crippen LogP contribution in [0.25, 0.3) is 0 Å². The highest BCUT2D eigenvalue weighted by Gasteiger charge is 2.45. The fourth-order valence-corrected chi connectivity index (χ4v) is 8.62. The summed E-state index contributed by atoms with van der Waals surface area (Å²) in [4.78, 5) is 39.4. The van der Waals surface area contributed by atoms with E-state index in [1.165, 1.54) is 205 Å². The number of Topliss-reactive ketones (excluding diaryl/α,β-unsaturated/α-hetero) is 1. The van der Waals surface area contributed by atoms with Gasteiger partial charge in [0.2, 0.25) is 5.60 Å². The van der Waals surface area contributed by atoms with Crippen molar-refractivity contribution in [1.29, 1.82) is 0 Å². The maximum absolute atomic E-state index is 13.4. The Morgan fingerprint density at radius 1 is 0.390 bits per heavy atom. The second-order valence-electron chi connectivity index (χ2n) is 19.3. The summed E-state index contributed by atoms with van der Waals surface area (Å²) in [5.41, 5.74) is -2.21. The van der Waals surface area contributed by atoms with Gasteiger partial charge in [-0.3, -0.25) is 9.59 Å². The van der Waals surface area contributed by atoms with E-state index in [9.17, 15) is 19.5 Å². The molecule has 0 bridgehead atoms. The Bertz CT molecular complexity index is 914. The van der Waals surface area contributed by atoms with Crippen molar-refractivity contribution in [1.82, 2.24) is 0 Å². The minimum absolute atomic E-state index is 0.0485. The standard InChI is InChI=1S/C54H104O5/c1-5-7-9-11-13-15-17-19-21-22-27-31-35-39-43-47-51(55)54(58,49-45-41-37-33-29-25-20-18-16-14-12-10-8-6-2)53(57)59-52(56)48-44-40-36-32-28-24-23-26-30-34-38-42-46-50(3)4/h50,58H,5-49H2,1-4H3. The number of hydrogen-bond acceptors (Lipinski definition) is 5. The van der Waals surface area contributed by atoms with Gasteiger partial charge in [0.25, 0.3) is 0 Å². The van der Waals surface area contributed by atoms with Gasteiger partial charge in [-0.25, -0.2) is 4.79 Å². The topological polar surface area (TPSA) is 80.7 Å². The van der Waals surface area contributed by atoms with E-state index in [-0.39, 0.29) is 19.3 Å². The summed E-state index contributed by atoms with van der Waals surface area (Å²) < 4.78 is 5.20. The number of hydrogen-bond donors (Lipinski definition) is 1. The molecule has 1 N–H and O–H groups in total. The maximum atomic E-state index is 13.4. The van der Waals surface area contributed by atoms with E-state index in [1.54, 1.807) is 0 Å². The van der Waals surface area contributed by atoms with E-state index in [0.717, 1.165) is 50.9 Å². The molecule has 0 amide bonds. The van der Waals surface area contributed by atoms with E-state index in [2.05, 4.69) is 27.7 Å². The highest BCUT2D eigenvalue weighted by molar-refractivity contribution is 6.09. The molecular weight excluding hydrogens is 729 g/mol. The van der Waals surface area contributed by atoms with Crippen LogP contribution in [0.4, 0.5) is 0 Å². The van der Waals surface area contributed by atoms with E-state index >= 15 is 0 Å². The fraction of sp³-hybridized carbons (Fsp3) is 0.944. The van der Waals surface area contributed by atoms with Crippen LogP contribution in [-0.2, 0) is 19.1 Å². The lowest BCUT2D eigenvalue weighted by atomic mass is 9.88. The quantitative estimate of drug-likeness (QED) is 0.0375. The molecule has 0 aliphatic rings. The Morgan fingerprint density at radius 3 is 0.983 bits per heavy atom. The zero-order chi connectivity index (χ0) is 43.3. The molecule has 1 atom stereocenters. The lowest BCUT2D eigenvalue weighted by molar-refractivity contribution is -0.177. The highest BCUT2D eigenvalue weighted by Crippen LogP contribution is 2.24. The molecule has 0 radical (unpaired) electrons. The van der Waals surface area contributed by atoms with Gasteiger partial charge in [-0.1, -0.05) is 278 Å². The van der Waals surface area contributed by atoms with Crippen molar-refractivity contribution in [3.63, 3.8) is 0 Å². The molecule has 350 valence electrons. The predicted molar refractivity (Wildman–Crippen MR) is 255 cm³/mol. The number of carbonyl (C=O) groups excluding carboxylic acids is 3. The summed E-state index contributed by atoms with van der Waals surface area (Å²) in [5, 5.41) is 11.5. The summed E-state index contributed by atoms with van der Waals surface area (Å²) in [7, 11) is 0. The number of esters is 2. The van der Waals surface area contributed by atoms with Crippen LogP contribution in [0.1, 0.15) is 317 Å². The molecule has 0 aromatic rings. The second-order valence-corrected chi connectivity index (χ2v) is 19.3. The molecule has 59 heavy (non-hydrogen) atoms. The number of ether oxygens (including phenoxy) is 1. The Hall–Kier alpha value is -1.23. The summed E-state index contributed by atoms with van der Waals surface area (Å²) >= 11 is 0. The van der Waals surface area contributed by atoms with E-state index < -0.39 is 23.3 Å². The summed E-state index contributed by atoms with van der Waals surface area (Å²) in [6.07, 6.45) is 51.8. The highest BCUT2D eigenvalue weighted by atomic mass is 16.6. The smallest absolute Gasteiger partial charge is 0.353 e. The number of rotatable bonds is 48. The molecule has 0 saturated heterocycles. The molecule has 0 spiro atoms. The van der Waals surface area contributed by atoms with Gasteiger partial charge in [0, 0.05) is 12.8 Å². The molecule has 0 saturated carbocycles. The third-order valence-electron chi connectivity index (χ3n) is 12.8. The summed E-state index contributed by atoms with van der Waals surface area (Å²) in [6.45, 7) is 9.15. The molecule has 0 heterocycles. The van der Waals surface area contributed by atoms with Crippen LogP contribution in [0, 0.1) is 5.92 Å². The van der Waals surface area contributed by atoms with Crippen molar-refractivity contribution in [2.24, 2.45) is 5.92 Å². The average molecular weight is 833 g/mol. The minimum Gasteiger partial charge on any atom is -0.391 e. The SMILES string of the molecule is CCCCCCCCCCCCCCCCCC(=O)C(O)(CCCCCCCCCCCCCCCC)C(=O)OC(=O)CCCCCCCCCCCCCCC(C)C. The van der Waals surface area contributed by atoms with Crippen LogP contribution in [-0.4, -0.2) is 28.4 Å². The minimum atomic E-state index is -2.21. The first-order valence-corrected chi connectivity index (χ1v) is 26.8. The lowest BCUT2D eigenvalue weighted by Crippen LogP contribution is -2.48. The molecule has 5 heteroatoms. The van der Waals surface area contributed by atoms with Gasteiger partial charge < -0.3 is 9.84 Å². The molecule has 0 aliphatic heterocycles. The maximum Gasteiger partial charge on any atom is 0.353 e. The summed E-state index contributed by atoms with van der Waals surface area (Å²) in [6, 6.07) is 0. The molecule has 0 aromatic heterocycles. The van der Waals surface area contributed by atoms with Gasteiger partial charge >= 0.3 is 11.9 Å². The Kier molecular flexibility index (Phi) is 43.9. The zero-order valence-corrected chi connectivity index (χ0v) is 40.5. The number of unbranched alkanes of at least 4 members (excludes halogenated alkanes) is 38. The van der Waals surface area contributed by atoms with Crippen molar-refractivity contribution in [2.75, 3.05) is 0 Å². The number of carbonyl (C=O) groups is 3. The van der Waals surface area contributed by atoms with Crippen LogP contribution in [0.5, 0.6) is 0 Å². The first-order valence-electron chi connectivity index (χ1n) is 26.8. The number of aliphatic hydroxyl groups is 1. The normalized spacial score (nSPS) is 12.6. The molecule has 1 unspecified atom stereocenters. The third kappa shape index (κ3) is 39.4. The van der Waals surface area contributed by atoms with Crippen molar-refractivity contribution in [3.05, 3.63) is 0 Å². The van der Waals surface area contributed by atoms with Gasteiger partial charge in [-0.05, 0) is 31.6 Å². The first-order chi connectivity index (χ1) is 28.8. The Morgan fingerprint density at radius 2 is 0.661 bits per heavy atom. The number of ketones is 1. The van der Waals surface area contributed by atoms with Crippen LogP contribution in [0.15, 0.2) is 0 Å². The molecule has 0 rings (SSSR count). The average Bonchev–Trinajstić information content (AvgIpc) is 3.22. The van der Waals surface area contributed by atoms with Gasteiger partial charge in [0.15, 0.2) is 5.78 Å². The van der Waals surface area contributed by atoms with E-state index in [4.69, 9.17) is 4.74 Å². The van der Waals surface area contributed by atoms with Gasteiger partial charge in [0.05, 0.1) is 0 Å². The fourth-order valence-electron chi connectivity index (χ4n) is 8.62. The first kappa shape index (κ1) is 57.8. The van der Waals surface area contributed by atoms with Crippen molar-refractivity contribution >= 4 is 17.7 Å². The molecule has 0 aliphatic carbocycles.